The summed E-state index contributed by atoms with van der Waals surface area (Å²) in [6.45, 7) is 10.3. The Bertz CT molecular complexity index is 1990. The van der Waals surface area contributed by atoms with Crippen LogP contribution in [0.5, 0.6) is 0 Å². The fourth-order valence-corrected chi connectivity index (χ4v) is 6.69. The molecule has 0 amide bonds. The Labute approximate surface area is 268 Å². The predicted octanol–water partition coefficient (Wildman–Crippen LogP) is 11.7. The van der Waals surface area contributed by atoms with E-state index in [9.17, 15) is 0 Å². The zero-order chi connectivity index (χ0) is 31.2. The van der Waals surface area contributed by atoms with Gasteiger partial charge in [-0.1, -0.05) is 152 Å². The number of fused-ring (bicyclic) bond motifs is 2. The lowest BCUT2D eigenvalue weighted by Crippen LogP contribution is -2.34. The summed E-state index contributed by atoms with van der Waals surface area (Å²) in [7, 11) is 0. The molecule has 45 heavy (non-hydrogen) atoms. The van der Waals surface area contributed by atoms with Crippen LogP contribution in [0.3, 0.4) is 0 Å². The fourth-order valence-electron chi connectivity index (χ4n) is 6.69. The van der Waals surface area contributed by atoms with Gasteiger partial charge in [-0.2, -0.15) is 0 Å². The molecule has 222 valence electrons. The van der Waals surface area contributed by atoms with E-state index in [1.54, 1.807) is 0 Å². The second-order valence-corrected chi connectivity index (χ2v) is 11.6. The van der Waals surface area contributed by atoms with E-state index < -0.39 is 0 Å². The highest BCUT2D eigenvalue weighted by Crippen LogP contribution is 2.43. The number of benzene rings is 4. The highest BCUT2D eigenvalue weighted by Gasteiger charge is 2.24. The summed E-state index contributed by atoms with van der Waals surface area (Å²) >= 11 is 0. The Morgan fingerprint density at radius 1 is 0.822 bits per heavy atom. The molecule has 0 bridgehead atoms. The molecule has 4 aromatic carbocycles. The smallest absolute Gasteiger partial charge is 0.0695 e. The largest absolute Gasteiger partial charge is 0.377 e. The minimum Gasteiger partial charge on any atom is -0.377 e. The first-order valence-electron chi connectivity index (χ1n) is 16.0. The number of rotatable bonds is 8. The normalized spacial score (nSPS) is 18.9. The molecule has 0 fully saturated rings. The summed E-state index contributed by atoms with van der Waals surface area (Å²) in [5.41, 5.74) is 10.0. The molecule has 1 aliphatic carbocycles. The molecular weight excluding hydrogens is 542 g/mol. The maximum atomic E-state index is 3.95. The maximum Gasteiger partial charge on any atom is 0.0695 e. The Morgan fingerprint density at radius 3 is 2.33 bits per heavy atom. The summed E-state index contributed by atoms with van der Waals surface area (Å²) in [6, 6.07) is 26.9. The Hall–Kier alpha value is -5.14. The topological polar surface area (TPSA) is 12.0 Å². The number of allylic oxidation sites excluding steroid dienone is 13. The predicted molar refractivity (Wildman–Crippen MR) is 198 cm³/mol. The van der Waals surface area contributed by atoms with Gasteiger partial charge >= 0.3 is 0 Å². The van der Waals surface area contributed by atoms with Crippen molar-refractivity contribution < 1.29 is 0 Å². The Balaban J connectivity index is 1.62. The molecule has 2 aliphatic rings. The fraction of sp³-hybridized carbons (Fsp3) is 0.136. The van der Waals surface area contributed by atoms with Gasteiger partial charge in [0.1, 0.15) is 0 Å². The van der Waals surface area contributed by atoms with Crippen molar-refractivity contribution in [3.05, 3.63) is 181 Å². The van der Waals surface area contributed by atoms with Crippen molar-refractivity contribution in [2.75, 3.05) is 0 Å². The van der Waals surface area contributed by atoms with Crippen LogP contribution in [0.25, 0.3) is 43.8 Å². The van der Waals surface area contributed by atoms with Crippen LogP contribution in [-0.4, -0.2) is 6.04 Å². The SMILES string of the molecule is C=C/C=C\C(=C/C)C1C=CC(c2ccc3c(-c4ccccc4)c4ccccc4c(/C(C)=C/C=C\C)c3c2)=C(C2C=CC=CC2)N1. The molecule has 1 aliphatic heterocycles. The van der Waals surface area contributed by atoms with Gasteiger partial charge in [0.2, 0.25) is 0 Å². The van der Waals surface area contributed by atoms with E-state index in [0.717, 1.165) is 6.42 Å². The molecule has 6 rings (SSSR count). The standard InChI is InChI=1S/C44H41N/c1-5-8-18-31(4)42-37-24-16-17-25-38(37)43(33-20-12-10-13-21-33)39-27-26-35(30-40(39)42)36-28-29-41(32(7-3)19-9-6-2)45-44(36)34-22-14-11-15-23-34/h5-22,24-30,34,41,45H,2,23H2,1,3-4H3/b8-5-,19-9-,31-18+,32-7+. The minimum atomic E-state index is 0.0971. The van der Waals surface area contributed by atoms with Gasteiger partial charge in [0, 0.05) is 17.2 Å². The first-order chi connectivity index (χ1) is 22.1. The van der Waals surface area contributed by atoms with E-state index in [1.165, 1.54) is 66.2 Å². The van der Waals surface area contributed by atoms with Crippen LogP contribution in [0, 0.1) is 5.92 Å². The van der Waals surface area contributed by atoms with Crippen molar-refractivity contribution in [1.29, 1.82) is 0 Å². The molecule has 2 unspecified atom stereocenters. The molecule has 1 heterocycles. The van der Waals surface area contributed by atoms with Crippen LogP contribution in [0.1, 0.15) is 38.3 Å². The molecule has 0 saturated heterocycles. The Morgan fingerprint density at radius 2 is 1.60 bits per heavy atom. The zero-order valence-corrected chi connectivity index (χ0v) is 26.5. The summed E-state index contributed by atoms with van der Waals surface area (Å²) in [5.74, 6) is 0.280. The second-order valence-electron chi connectivity index (χ2n) is 11.6. The van der Waals surface area contributed by atoms with Gasteiger partial charge in [-0.3, -0.25) is 0 Å². The van der Waals surface area contributed by atoms with Gasteiger partial charge in [-0.25, -0.2) is 0 Å². The van der Waals surface area contributed by atoms with E-state index >= 15 is 0 Å². The van der Waals surface area contributed by atoms with Crippen LogP contribution in [0.2, 0.25) is 0 Å². The molecule has 0 spiro atoms. The van der Waals surface area contributed by atoms with Crippen molar-refractivity contribution in [3.63, 3.8) is 0 Å². The molecule has 1 nitrogen and oxygen atoms in total. The molecule has 0 aromatic heterocycles. The van der Waals surface area contributed by atoms with Gasteiger partial charge in [0.05, 0.1) is 6.04 Å². The van der Waals surface area contributed by atoms with Gasteiger partial charge in [0.25, 0.3) is 0 Å². The lowest BCUT2D eigenvalue weighted by atomic mass is 9.83. The van der Waals surface area contributed by atoms with Crippen molar-refractivity contribution in [2.45, 2.75) is 33.2 Å². The van der Waals surface area contributed by atoms with E-state index in [-0.39, 0.29) is 12.0 Å². The zero-order valence-electron chi connectivity index (χ0n) is 26.5. The first kappa shape index (κ1) is 29.9. The minimum absolute atomic E-state index is 0.0971. The third kappa shape index (κ3) is 5.99. The number of hydrogen-bond acceptors (Lipinski definition) is 1. The molecule has 0 radical (unpaired) electrons. The van der Waals surface area contributed by atoms with E-state index in [1.807, 2.05) is 12.2 Å². The molecule has 4 aromatic rings. The van der Waals surface area contributed by atoms with Crippen LogP contribution in [-0.2, 0) is 0 Å². The Kier molecular flexibility index (Phi) is 9.08. The second kappa shape index (κ2) is 13.7. The monoisotopic (exact) mass is 583 g/mol. The number of hydrogen-bond donors (Lipinski definition) is 1. The van der Waals surface area contributed by atoms with E-state index in [4.69, 9.17) is 0 Å². The average molecular weight is 584 g/mol. The van der Waals surface area contributed by atoms with Crippen LogP contribution < -0.4 is 5.32 Å². The van der Waals surface area contributed by atoms with Gasteiger partial charge < -0.3 is 5.32 Å². The summed E-state index contributed by atoms with van der Waals surface area (Å²) in [6.07, 6.45) is 29.2. The van der Waals surface area contributed by atoms with Gasteiger partial charge in [-0.05, 0) is 88.2 Å². The molecule has 2 atom stereocenters. The van der Waals surface area contributed by atoms with E-state index in [0.29, 0.717) is 0 Å². The van der Waals surface area contributed by atoms with Crippen molar-refractivity contribution in [3.8, 4) is 11.1 Å². The quantitative estimate of drug-likeness (QED) is 0.161. The highest BCUT2D eigenvalue weighted by atomic mass is 14.9. The van der Waals surface area contributed by atoms with Crippen LogP contribution in [0.4, 0.5) is 0 Å². The third-order valence-electron chi connectivity index (χ3n) is 8.86. The molecular formula is C44H41N. The van der Waals surface area contributed by atoms with Crippen LogP contribution in [0.15, 0.2) is 170 Å². The summed E-state index contributed by atoms with van der Waals surface area (Å²) in [5, 5.41) is 9.04. The molecule has 1 heteroatoms. The van der Waals surface area contributed by atoms with E-state index in [2.05, 4.69) is 172 Å². The maximum absolute atomic E-state index is 3.95. The summed E-state index contributed by atoms with van der Waals surface area (Å²) < 4.78 is 0. The third-order valence-corrected chi connectivity index (χ3v) is 8.86. The molecule has 0 saturated carbocycles. The first-order valence-corrected chi connectivity index (χ1v) is 16.0. The van der Waals surface area contributed by atoms with Crippen molar-refractivity contribution in [1.82, 2.24) is 5.32 Å². The highest BCUT2D eigenvalue weighted by molar-refractivity contribution is 6.19. The number of nitrogens with one attached hydrogen (secondary N) is 1. The lowest BCUT2D eigenvalue weighted by Gasteiger charge is -2.31. The average Bonchev–Trinajstić information content (AvgIpc) is 3.10. The lowest BCUT2D eigenvalue weighted by molar-refractivity contribution is 0.636. The van der Waals surface area contributed by atoms with Crippen molar-refractivity contribution in [2.24, 2.45) is 5.92 Å². The summed E-state index contributed by atoms with van der Waals surface area (Å²) in [4.78, 5) is 0. The van der Waals surface area contributed by atoms with Crippen LogP contribution >= 0.6 is 0 Å². The van der Waals surface area contributed by atoms with Crippen molar-refractivity contribution >= 4 is 32.7 Å². The number of dihydropyridines is 1. The van der Waals surface area contributed by atoms with Gasteiger partial charge in [0.15, 0.2) is 0 Å². The molecule has 1 N–H and O–H groups in total. The van der Waals surface area contributed by atoms with Gasteiger partial charge in [-0.15, -0.1) is 0 Å².